The molecule has 0 unspecified atom stereocenters. The molecule has 0 aliphatic rings. The van der Waals surface area contributed by atoms with E-state index in [1.807, 2.05) is 27.7 Å². The highest BCUT2D eigenvalue weighted by Crippen LogP contribution is 2.32. The predicted octanol–water partition coefficient (Wildman–Crippen LogP) is 3.91. The molecule has 10 nitrogen and oxygen atoms in total. The molecule has 0 spiro atoms. The Balaban J connectivity index is 1.90. The number of H-pyrrole nitrogens is 1. The summed E-state index contributed by atoms with van der Waals surface area (Å²) < 4.78 is 40.3. The minimum absolute atomic E-state index is 0.0373. The van der Waals surface area contributed by atoms with E-state index in [1.54, 1.807) is 12.3 Å². The van der Waals surface area contributed by atoms with Gasteiger partial charge in [-0.2, -0.15) is 23.4 Å². The van der Waals surface area contributed by atoms with Gasteiger partial charge in [0.05, 0.1) is 36.1 Å². The van der Waals surface area contributed by atoms with Crippen molar-refractivity contribution in [2.45, 2.75) is 77.9 Å². The highest BCUT2D eigenvalue weighted by Gasteiger charge is 2.40. The second-order valence-corrected chi connectivity index (χ2v) is 10.7. The van der Waals surface area contributed by atoms with Crippen LogP contribution >= 0.6 is 0 Å². The Kier molecular flexibility index (Phi) is 9.61. The van der Waals surface area contributed by atoms with E-state index >= 15 is 0 Å². The van der Waals surface area contributed by atoms with Crippen LogP contribution in [0.4, 0.5) is 23.8 Å². The van der Waals surface area contributed by atoms with E-state index in [-0.39, 0.29) is 18.8 Å². The SMILES string of the molecule is CCCC[C@@H]([C@@H](O)C(=O)Nc1ccn[nH]1)N(C(=O)[O-])[C@H](Cn1ccc(-c2ccc(C(F)(F)F)cc2)n1)C(C)(C)C. The van der Waals surface area contributed by atoms with E-state index in [4.69, 9.17) is 0 Å². The van der Waals surface area contributed by atoms with Crippen LogP contribution in [-0.2, 0) is 17.5 Å². The molecule has 3 atom stereocenters. The van der Waals surface area contributed by atoms with E-state index < -0.39 is 47.3 Å². The number of unbranched alkanes of at least 4 members (excludes halogenated alkanes) is 1. The number of carbonyl (C=O) groups is 2. The zero-order chi connectivity index (χ0) is 29.7. The summed E-state index contributed by atoms with van der Waals surface area (Å²) in [6.45, 7) is 7.41. The third-order valence-corrected chi connectivity index (χ3v) is 6.66. The van der Waals surface area contributed by atoms with Gasteiger partial charge in [-0.3, -0.25) is 14.6 Å². The van der Waals surface area contributed by atoms with Crippen LogP contribution in [0, 0.1) is 5.41 Å². The molecule has 13 heteroatoms. The fourth-order valence-corrected chi connectivity index (χ4v) is 4.47. The lowest BCUT2D eigenvalue weighted by Crippen LogP contribution is -2.62. The zero-order valence-electron chi connectivity index (χ0n) is 22.8. The lowest BCUT2D eigenvalue weighted by molar-refractivity contribution is -0.275. The van der Waals surface area contributed by atoms with Crippen molar-refractivity contribution in [3.63, 3.8) is 0 Å². The molecule has 40 heavy (non-hydrogen) atoms. The monoisotopic (exact) mass is 563 g/mol. The van der Waals surface area contributed by atoms with Crippen molar-refractivity contribution >= 4 is 17.8 Å². The van der Waals surface area contributed by atoms with Gasteiger partial charge in [0.1, 0.15) is 11.9 Å². The summed E-state index contributed by atoms with van der Waals surface area (Å²) in [6, 6.07) is 5.77. The maximum atomic E-state index is 12.9. The topological polar surface area (TPSA) is 139 Å². The summed E-state index contributed by atoms with van der Waals surface area (Å²) in [6.07, 6.45) is -3.26. The Bertz CT molecular complexity index is 1250. The molecule has 218 valence electrons. The molecule has 0 bridgehead atoms. The summed E-state index contributed by atoms with van der Waals surface area (Å²) in [7, 11) is 0. The lowest BCUT2D eigenvalue weighted by atomic mass is 9.83. The molecule has 0 saturated carbocycles. The quantitative estimate of drug-likeness (QED) is 0.323. The summed E-state index contributed by atoms with van der Waals surface area (Å²) in [4.78, 5) is 26.5. The fraction of sp³-hybridized carbons (Fsp3) is 0.481. The van der Waals surface area contributed by atoms with Crippen LogP contribution in [0.25, 0.3) is 11.3 Å². The van der Waals surface area contributed by atoms with E-state index in [9.17, 15) is 33.0 Å². The first-order chi connectivity index (χ1) is 18.7. The molecule has 3 rings (SSSR count). The number of halogens is 3. The third-order valence-electron chi connectivity index (χ3n) is 6.66. The highest BCUT2D eigenvalue weighted by atomic mass is 19.4. The van der Waals surface area contributed by atoms with Gasteiger partial charge in [0.15, 0.2) is 6.10 Å². The number of anilines is 1. The standard InChI is InChI=1S/C27H35F3N6O4/c1-5-6-7-20(23(37)24(38)32-22-12-14-31-33-22)36(25(39)40)21(26(2,3)4)16-35-15-13-19(34-35)17-8-10-18(11-9-17)27(28,29)30/h8-15,20-21,23,37H,5-7,16H2,1-4H3,(H,39,40)(H2,31,32,33,38)/p-1/t20-,21+,23+/m0/s1. The highest BCUT2D eigenvalue weighted by molar-refractivity contribution is 5.93. The number of nitrogens with zero attached hydrogens (tertiary/aromatic N) is 4. The number of nitrogens with one attached hydrogen (secondary N) is 2. The molecule has 0 aliphatic carbocycles. The Labute approximate surface area is 230 Å². The zero-order valence-corrected chi connectivity index (χ0v) is 22.8. The van der Waals surface area contributed by atoms with Crippen molar-refractivity contribution in [2.24, 2.45) is 5.41 Å². The summed E-state index contributed by atoms with van der Waals surface area (Å²) >= 11 is 0. The number of carbonyl (C=O) groups excluding carboxylic acids is 2. The second-order valence-electron chi connectivity index (χ2n) is 10.7. The molecular formula is C27H34F3N6O4-. The normalized spacial score (nSPS) is 14.4. The molecule has 2 aromatic heterocycles. The third kappa shape index (κ3) is 7.62. The lowest BCUT2D eigenvalue weighted by Gasteiger charge is -2.47. The van der Waals surface area contributed by atoms with Crippen molar-refractivity contribution in [3.05, 3.63) is 54.4 Å². The molecule has 0 radical (unpaired) electrons. The minimum Gasteiger partial charge on any atom is -0.530 e. The molecule has 0 saturated heterocycles. The maximum Gasteiger partial charge on any atom is 0.416 e. The number of aliphatic hydroxyl groups is 1. The number of rotatable bonds is 11. The van der Waals surface area contributed by atoms with Gasteiger partial charge >= 0.3 is 6.18 Å². The number of carboxylic acid groups (broad SMARTS) is 1. The molecular weight excluding hydrogens is 529 g/mol. The van der Waals surface area contributed by atoms with Gasteiger partial charge in [0.2, 0.25) is 0 Å². The van der Waals surface area contributed by atoms with Crippen LogP contribution in [0.2, 0.25) is 0 Å². The maximum absolute atomic E-state index is 12.9. The minimum atomic E-state index is -4.46. The Morgan fingerprint density at radius 3 is 2.35 bits per heavy atom. The predicted molar refractivity (Wildman–Crippen MR) is 140 cm³/mol. The molecule has 2 amide bonds. The number of aromatic nitrogens is 4. The van der Waals surface area contributed by atoms with Gasteiger partial charge < -0.3 is 25.2 Å². The van der Waals surface area contributed by atoms with Crippen LogP contribution in [0.15, 0.2) is 48.8 Å². The molecule has 3 N–H and O–H groups in total. The number of hydrogen-bond donors (Lipinski definition) is 3. The fourth-order valence-electron chi connectivity index (χ4n) is 4.47. The molecule has 2 heterocycles. The van der Waals surface area contributed by atoms with E-state index in [2.05, 4.69) is 20.6 Å². The van der Waals surface area contributed by atoms with Crippen LogP contribution in [-0.4, -0.2) is 60.2 Å². The van der Waals surface area contributed by atoms with E-state index in [0.29, 0.717) is 24.1 Å². The van der Waals surface area contributed by atoms with Gasteiger partial charge in [-0.05, 0) is 30.0 Å². The van der Waals surface area contributed by atoms with Gasteiger partial charge in [-0.15, -0.1) is 0 Å². The van der Waals surface area contributed by atoms with Crippen LogP contribution in [0.1, 0.15) is 52.5 Å². The van der Waals surface area contributed by atoms with Crippen molar-refractivity contribution in [1.82, 2.24) is 24.9 Å². The van der Waals surface area contributed by atoms with Gasteiger partial charge in [-0.25, -0.2) is 0 Å². The Hall–Kier alpha value is -3.87. The van der Waals surface area contributed by atoms with Gasteiger partial charge in [0.25, 0.3) is 5.91 Å². The molecule has 1 aromatic carbocycles. The number of amides is 2. The summed E-state index contributed by atoms with van der Waals surface area (Å²) in [5.74, 6) is -0.550. The Morgan fingerprint density at radius 1 is 1.15 bits per heavy atom. The van der Waals surface area contributed by atoms with Crippen molar-refractivity contribution < 1.29 is 33.0 Å². The smallest absolute Gasteiger partial charge is 0.416 e. The molecule has 3 aromatic rings. The largest absolute Gasteiger partial charge is 0.530 e. The first-order valence-electron chi connectivity index (χ1n) is 12.9. The van der Waals surface area contributed by atoms with Crippen LogP contribution in [0.3, 0.4) is 0 Å². The number of hydrogen-bond acceptors (Lipinski definition) is 6. The van der Waals surface area contributed by atoms with Gasteiger partial charge in [-0.1, -0.05) is 52.7 Å². The second kappa shape index (κ2) is 12.5. The summed E-state index contributed by atoms with van der Waals surface area (Å²) in [5.41, 5.74) is -0.600. The van der Waals surface area contributed by atoms with E-state index in [1.165, 1.54) is 29.1 Å². The molecule has 0 aliphatic heterocycles. The van der Waals surface area contributed by atoms with Crippen molar-refractivity contribution in [2.75, 3.05) is 5.32 Å². The number of aromatic amines is 1. The number of benzene rings is 1. The van der Waals surface area contributed by atoms with Crippen LogP contribution in [0.5, 0.6) is 0 Å². The number of aliphatic hydroxyl groups excluding tert-OH is 1. The van der Waals surface area contributed by atoms with Crippen molar-refractivity contribution in [3.8, 4) is 11.3 Å². The number of alkyl halides is 3. The average Bonchev–Trinajstić information content (AvgIpc) is 3.56. The van der Waals surface area contributed by atoms with Crippen LogP contribution < -0.4 is 10.4 Å². The van der Waals surface area contributed by atoms with Crippen molar-refractivity contribution in [1.29, 1.82) is 0 Å². The summed E-state index contributed by atoms with van der Waals surface area (Å²) in [5, 5.41) is 36.9. The first kappa shape index (κ1) is 30.7. The average molecular weight is 564 g/mol. The van der Waals surface area contributed by atoms with Gasteiger partial charge in [0, 0.05) is 17.8 Å². The van der Waals surface area contributed by atoms with E-state index in [0.717, 1.165) is 17.0 Å². The Morgan fingerprint density at radius 2 is 1.82 bits per heavy atom. The molecule has 0 fully saturated rings. The first-order valence-corrected chi connectivity index (χ1v) is 12.9.